The Morgan fingerprint density at radius 2 is 1.92 bits per heavy atom. The summed E-state index contributed by atoms with van der Waals surface area (Å²) in [7, 11) is 0. The minimum Gasteiger partial charge on any atom is -0.490 e. The lowest BCUT2D eigenvalue weighted by molar-refractivity contribution is -0.121. The molecule has 1 aromatic rings. The number of ether oxygens (including phenoxy) is 2. The molecule has 7 nitrogen and oxygen atoms in total. The van der Waals surface area contributed by atoms with E-state index in [4.69, 9.17) is 9.47 Å². The van der Waals surface area contributed by atoms with E-state index in [1.165, 1.54) is 0 Å². The average molecular weight is 348 g/mol. The second kappa shape index (κ2) is 8.60. The van der Waals surface area contributed by atoms with Gasteiger partial charge >= 0.3 is 0 Å². The molecule has 1 amide bonds. The number of nitrogens with one attached hydrogen (secondary N) is 3. The maximum Gasteiger partial charge on any atom is 0.242 e. The molecule has 0 spiro atoms. The van der Waals surface area contributed by atoms with Gasteiger partial charge in [0.2, 0.25) is 5.91 Å². The molecule has 25 heavy (non-hydrogen) atoms. The van der Waals surface area contributed by atoms with Crippen LogP contribution in [0.2, 0.25) is 0 Å². The van der Waals surface area contributed by atoms with Crippen molar-refractivity contribution in [3.05, 3.63) is 18.2 Å². The van der Waals surface area contributed by atoms with Crippen molar-refractivity contribution in [3.8, 4) is 11.5 Å². The number of carbonyl (C=O) groups excluding carboxylic acids is 1. The molecular formula is C18H28N4O3. The minimum absolute atomic E-state index is 0.0527. The van der Waals surface area contributed by atoms with Crippen LogP contribution in [0.1, 0.15) is 34.1 Å². The molecule has 0 unspecified atom stereocenters. The second-order valence-corrected chi connectivity index (χ2v) is 6.83. The molecule has 1 aliphatic rings. The second-order valence-electron chi connectivity index (χ2n) is 6.83. The van der Waals surface area contributed by atoms with E-state index in [1.807, 2.05) is 45.9 Å². The molecule has 1 aromatic carbocycles. The number of rotatable bonds is 4. The van der Waals surface area contributed by atoms with Gasteiger partial charge in [-0.25, -0.2) is 4.99 Å². The summed E-state index contributed by atoms with van der Waals surface area (Å²) in [5.41, 5.74) is 0.549. The fourth-order valence-corrected chi connectivity index (χ4v) is 2.29. The van der Waals surface area contributed by atoms with Crippen molar-refractivity contribution in [1.82, 2.24) is 10.6 Å². The predicted octanol–water partition coefficient (Wildman–Crippen LogP) is 2.14. The van der Waals surface area contributed by atoms with Crippen LogP contribution in [0.15, 0.2) is 23.2 Å². The highest BCUT2D eigenvalue weighted by Gasteiger charge is 2.14. The summed E-state index contributed by atoms with van der Waals surface area (Å²) in [6, 6.07) is 5.65. The van der Waals surface area contributed by atoms with E-state index in [0.717, 1.165) is 17.9 Å². The molecule has 2 rings (SSSR count). The van der Waals surface area contributed by atoms with Gasteiger partial charge in [-0.1, -0.05) is 0 Å². The summed E-state index contributed by atoms with van der Waals surface area (Å²) < 4.78 is 11.3. The number of hydrogen-bond donors (Lipinski definition) is 3. The van der Waals surface area contributed by atoms with Crippen LogP contribution in [-0.4, -0.2) is 43.7 Å². The summed E-state index contributed by atoms with van der Waals surface area (Å²) in [6.45, 7) is 9.83. The van der Waals surface area contributed by atoms with Crippen molar-refractivity contribution in [3.63, 3.8) is 0 Å². The third-order valence-corrected chi connectivity index (χ3v) is 3.25. The molecule has 0 atom stereocenters. The maximum absolute atomic E-state index is 11.9. The van der Waals surface area contributed by atoms with Crippen LogP contribution in [-0.2, 0) is 4.79 Å². The van der Waals surface area contributed by atoms with Gasteiger partial charge in [0.1, 0.15) is 6.54 Å². The highest BCUT2D eigenvalue weighted by molar-refractivity contribution is 5.95. The van der Waals surface area contributed by atoms with E-state index in [1.54, 1.807) is 0 Å². The lowest BCUT2D eigenvalue weighted by Gasteiger charge is -2.20. The van der Waals surface area contributed by atoms with E-state index in [9.17, 15) is 4.79 Å². The number of hydrogen-bond acceptors (Lipinski definition) is 4. The van der Waals surface area contributed by atoms with Crippen molar-refractivity contribution in [2.75, 3.05) is 31.6 Å². The number of fused-ring (bicyclic) bond motifs is 1. The molecule has 0 saturated carbocycles. The topological polar surface area (TPSA) is 84.0 Å². The Kier molecular flexibility index (Phi) is 6.50. The Morgan fingerprint density at radius 3 is 2.60 bits per heavy atom. The first-order chi connectivity index (χ1) is 11.9. The van der Waals surface area contributed by atoms with Gasteiger partial charge in [0.15, 0.2) is 17.5 Å². The predicted molar refractivity (Wildman–Crippen MR) is 99.5 cm³/mol. The summed E-state index contributed by atoms with van der Waals surface area (Å²) in [4.78, 5) is 16.3. The Bertz CT molecular complexity index is 623. The third kappa shape index (κ3) is 6.52. The molecule has 0 aromatic heterocycles. The zero-order chi connectivity index (χ0) is 18.3. The molecule has 0 fully saturated rings. The van der Waals surface area contributed by atoms with E-state index in [0.29, 0.717) is 31.5 Å². The first kappa shape index (κ1) is 18.9. The summed E-state index contributed by atoms with van der Waals surface area (Å²) in [5.74, 6) is 1.88. The highest BCUT2D eigenvalue weighted by Crippen LogP contribution is 2.32. The Labute approximate surface area is 149 Å². The van der Waals surface area contributed by atoms with Crippen LogP contribution in [0, 0.1) is 0 Å². The molecule has 7 heteroatoms. The van der Waals surface area contributed by atoms with Gasteiger partial charge in [-0.05, 0) is 39.8 Å². The number of guanidine groups is 1. The standard InChI is InChI=1S/C18H28N4O3/c1-5-19-17(20-12-16(23)22-18(2,3)4)21-13-7-8-14-15(11-13)25-10-6-9-24-14/h7-8,11H,5-6,9-10,12H2,1-4H3,(H,22,23)(H2,19,20,21). The van der Waals surface area contributed by atoms with Gasteiger partial charge in [0.25, 0.3) is 0 Å². The molecule has 3 N–H and O–H groups in total. The van der Waals surface area contributed by atoms with E-state index in [-0.39, 0.29) is 18.0 Å². The van der Waals surface area contributed by atoms with Crippen LogP contribution < -0.4 is 25.4 Å². The monoisotopic (exact) mass is 348 g/mol. The minimum atomic E-state index is -0.271. The third-order valence-electron chi connectivity index (χ3n) is 3.25. The first-order valence-corrected chi connectivity index (χ1v) is 8.63. The average Bonchev–Trinajstić information content (AvgIpc) is 2.76. The molecule has 1 heterocycles. The molecule has 0 bridgehead atoms. The molecule has 138 valence electrons. The normalized spacial score (nSPS) is 14.5. The number of benzene rings is 1. The van der Waals surface area contributed by atoms with Crippen molar-refractivity contribution in [1.29, 1.82) is 0 Å². The summed E-state index contributed by atoms with van der Waals surface area (Å²) in [6.07, 6.45) is 0.866. The van der Waals surface area contributed by atoms with Gasteiger partial charge in [0.05, 0.1) is 13.2 Å². The van der Waals surface area contributed by atoms with Crippen molar-refractivity contribution in [2.24, 2.45) is 4.99 Å². The fourth-order valence-electron chi connectivity index (χ4n) is 2.29. The van der Waals surface area contributed by atoms with Crippen LogP contribution in [0.4, 0.5) is 5.69 Å². The quantitative estimate of drug-likeness (QED) is 0.573. The number of anilines is 1. The number of aliphatic imine (C=N–C) groups is 1. The lowest BCUT2D eigenvalue weighted by Crippen LogP contribution is -2.42. The van der Waals surface area contributed by atoms with Gasteiger partial charge in [-0.2, -0.15) is 0 Å². The van der Waals surface area contributed by atoms with Crippen LogP contribution in [0.25, 0.3) is 0 Å². The van der Waals surface area contributed by atoms with E-state index >= 15 is 0 Å². The summed E-state index contributed by atoms with van der Waals surface area (Å²) >= 11 is 0. The van der Waals surface area contributed by atoms with E-state index in [2.05, 4.69) is 20.9 Å². The Morgan fingerprint density at radius 1 is 1.20 bits per heavy atom. The molecular weight excluding hydrogens is 320 g/mol. The van der Waals surface area contributed by atoms with E-state index < -0.39 is 0 Å². The molecule has 1 aliphatic heterocycles. The molecule has 0 radical (unpaired) electrons. The largest absolute Gasteiger partial charge is 0.490 e. The van der Waals surface area contributed by atoms with Crippen molar-refractivity contribution in [2.45, 2.75) is 39.7 Å². The van der Waals surface area contributed by atoms with Crippen molar-refractivity contribution >= 4 is 17.6 Å². The number of carbonyl (C=O) groups is 1. The summed E-state index contributed by atoms with van der Waals surface area (Å²) in [5, 5.41) is 9.21. The van der Waals surface area contributed by atoms with Gasteiger partial charge in [-0.3, -0.25) is 4.79 Å². The number of amides is 1. The van der Waals surface area contributed by atoms with Crippen LogP contribution >= 0.6 is 0 Å². The zero-order valence-electron chi connectivity index (χ0n) is 15.4. The Hall–Kier alpha value is -2.44. The molecule has 0 aliphatic carbocycles. The maximum atomic E-state index is 11.9. The smallest absolute Gasteiger partial charge is 0.242 e. The van der Waals surface area contributed by atoms with Crippen LogP contribution in [0.3, 0.4) is 0 Å². The zero-order valence-corrected chi connectivity index (χ0v) is 15.4. The highest BCUT2D eigenvalue weighted by atomic mass is 16.5. The number of nitrogens with zero attached hydrogens (tertiary/aromatic N) is 1. The van der Waals surface area contributed by atoms with Crippen molar-refractivity contribution < 1.29 is 14.3 Å². The Balaban J connectivity index is 2.04. The fraction of sp³-hybridized carbons (Fsp3) is 0.556. The van der Waals surface area contributed by atoms with Gasteiger partial charge in [0, 0.05) is 30.3 Å². The SMILES string of the molecule is CCNC(=NCC(=O)NC(C)(C)C)Nc1ccc2c(c1)OCCCO2. The molecule has 0 saturated heterocycles. The van der Waals surface area contributed by atoms with Crippen LogP contribution in [0.5, 0.6) is 11.5 Å². The first-order valence-electron chi connectivity index (χ1n) is 8.63. The van der Waals surface area contributed by atoms with Gasteiger partial charge in [-0.15, -0.1) is 0 Å². The van der Waals surface area contributed by atoms with Gasteiger partial charge < -0.3 is 25.4 Å². The lowest BCUT2D eigenvalue weighted by atomic mass is 10.1.